The second-order valence-electron chi connectivity index (χ2n) is 16.2. The molecule has 0 aliphatic carbocycles. The molecule has 51 heavy (non-hydrogen) atoms. The maximum atomic E-state index is 10.8. The minimum atomic E-state index is 0. The standard InChI is InChI=1S/C18H38N2.C12H26N2.C8H15NO.C4H9N.CH4.B.H2/c1-4-11-19(12-5-2)16-9-18(10-17-19)20(13-6-3)14-7-8-15-20;1-4-9-13-10-7-12(8-11-13)14(5-2)6-3;1-2-5-9-6-3-8(10)4-7-9;1-2-4-5-3-1;;;/h18H,4-17H2,1-3H3;12H,4-11H2,1-3H3;2-7H2,1H3;5H,1-4H2;1H4;;1H/q+2;;;;;;/i;;;;;;1+1. The van der Waals surface area contributed by atoms with Gasteiger partial charge in [-0.25, -0.2) is 0 Å². The molecule has 0 aromatic carbocycles. The smallest absolute Gasteiger partial charge is 0.135 e. The quantitative estimate of drug-likeness (QED) is 0.146. The van der Waals surface area contributed by atoms with E-state index in [2.05, 4.69) is 68.5 Å². The molecule has 8 heteroatoms. The van der Waals surface area contributed by atoms with E-state index in [-0.39, 0.29) is 17.3 Å². The lowest BCUT2D eigenvalue weighted by atomic mass is 9.97. The molecule has 5 aliphatic rings. The number of ketones is 1. The van der Waals surface area contributed by atoms with Crippen LogP contribution in [0.2, 0.25) is 0 Å². The third-order valence-corrected chi connectivity index (χ3v) is 12.5. The van der Waals surface area contributed by atoms with Crippen molar-refractivity contribution in [1.29, 1.82) is 0 Å². The monoisotopic (exact) mass is 723 g/mol. The fourth-order valence-corrected chi connectivity index (χ4v) is 9.87. The number of nitrogens with zero attached hydrogens (tertiary/aromatic N) is 5. The van der Waals surface area contributed by atoms with E-state index < -0.39 is 0 Å². The molecule has 5 heterocycles. The second kappa shape index (κ2) is 29.8. The number of carbonyl (C=O) groups excluding carboxylic acids is 1. The van der Waals surface area contributed by atoms with Crippen molar-refractivity contribution >= 4 is 14.2 Å². The predicted molar refractivity (Wildman–Crippen MR) is 228 cm³/mol. The summed E-state index contributed by atoms with van der Waals surface area (Å²) < 4.78 is 2.93. The lowest BCUT2D eigenvalue weighted by Gasteiger charge is -2.49. The number of rotatable bonds is 14. The Morgan fingerprint density at radius 1 is 0.647 bits per heavy atom. The van der Waals surface area contributed by atoms with Crippen LogP contribution < -0.4 is 5.32 Å². The summed E-state index contributed by atoms with van der Waals surface area (Å²) in [5, 5.41) is 3.22. The number of hydrogen-bond donors (Lipinski definition) is 1. The van der Waals surface area contributed by atoms with Crippen molar-refractivity contribution in [3.05, 3.63) is 0 Å². The van der Waals surface area contributed by atoms with Crippen molar-refractivity contribution in [2.24, 2.45) is 0 Å². The van der Waals surface area contributed by atoms with Crippen molar-refractivity contribution in [1.82, 2.24) is 20.0 Å². The zero-order valence-corrected chi connectivity index (χ0v) is 35.0. The number of hydrogen-bond acceptors (Lipinski definition) is 5. The van der Waals surface area contributed by atoms with Crippen LogP contribution in [0.25, 0.3) is 0 Å². The molecule has 5 saturated heterocycles. The Bertz CT molecular complexity index is 782. The van der Waals surface area contributed by atoms with E-state index in [1.54, 1.807) is 0 Å². The molecule has 5 aliphatic heterocycles. The van der Waals surface area contributed by atoms with Crippen molar-refractivity contribution in [2.75, 3.05) is 111 Å². The van der Waals surface area contributed by atoms with Crippen molar-refractivity contribution < 1.29 is 15.2 Å². The summed E-state index contributed by atoms with van der Waals surface area (Å²) in [6.07, 6.45) is 19.7. The molecule has 7 nitrogen and oxygen atoms in total. The Labute approximate surface area is 324 Å². The second-order valence-corrected chi connectivity index (χ2v) is 16.2. The topological polar surface area (TPSA) is 38.8 Å². The maximum absolute atomic E-state index is 10.8. The van der Waals surface area contributed by atoms with E-state index in [1.807, 2.05) is 0 Å². The first-order valence-electron chi connectivity index (χ1n) is 22.0. The lowest BCUT2D eigenvalue weighted by molar-refractivity contribution is -0.975. The van der Waals surface area contributed by atoms with Crippen LogP contribution in [0.1, 0.15) is 154 Å². The van der Waals surface area contributed by atoms with Gasteiger partial charge in [0, 0.05) is 67.5 Å². The third-order valence-electron chi connectivity index (χ3n) is 12.5. The molecule has 303 valence electrons. The third kappa shape index (κ3) is 18.6. The van der Waals surface area contributed by atoms with Gasteiger partial charge in [-0.2, -0.15) is 0 Å². The average Bonchev–Trinajstić information content (AvgIpc) is 3.86. The molecule has 0 unspecified atom stereocenters. The van der Waals surface area contributed by atoms with Crippen LogP contribution in [-0.4, -0.2) is 161 Å². The van der Waals surface area contributed by atoms with Gasteiger partial charge in [-0.3, -0.25) is 4.79 Å². The van der Waals surface area contributed by atoms with Gasteiger partial charge in [0.25, 0.3) is 0 Å². The van der Waals surface area contributed by atoms with Gasteiger partial charge < -0.3 is 29.0 Å². The van der Waals surface area contributed by atoms with Gasteiger partial charge >= 0.3 is 0 Å². The minimum Gasteiger partial charge on any atom is -0.323 e. The van der Waals surface area contributed by atoms with Gasteiger partial charge in [-0.05, 0) is 110 Å². The molecule has 0 amide bonds. The zero-order valence-electron chi connectivity index (χ0n) is 35.0. The van der Waals surface area contributed by atoms with Crippen molar-refractivity contribution in [3.8, 4) is 0 Å². The van der Waals surface area contributed by atoms with E-state index in [1.165, 1.54) is 184 Å². The van der Waals surface area contributed by atoms with Crippen LogP contribution in [0.4, 0.5) is 0 Å². The van der Waals surface area contributed by atoms with Gasteiger partial charge in [0.15, 0.2) is 0 Å². The summed E-state index contributed by atoms with van der Waals surface area (Å²) in [4.78, 5) is 18.4. The van der Waals surface area contributed by atoms with Crippen molar-refractivity contribution in [2.45, 2.75) is 164 Å². The Morgan fingerprint density at radius 3 is 1.51 bits per heavy atom. The highest BCUT2D eigenvalue weighted by molar-refractivity contribution is 5.79. The highest BCUT2D eigenvalue weighted by atomic mass is 16.1. The SMILES string of the molecule is C.C1CCNC1.CCCN1CCC(=O)CC1.CCCN1CCC(N(CC)CC)CC1.CCC[N+]1(CCC)CCC([N+]2(CCC)CCCC2)CC1.[2HH].[B]. The Balaban J connectivity index is 0. The summed E-state index contributed by atoms with van der Waals surface area (Å²) >= 11 is 0. The first-order valence-corrected chi connectivity index (χ1v) is 22.0. The van der Waals surface area contributed by atoms with E-state index >= 15 is 0 Å². The Kier molecular flexibility index (Phi) is 29.5. The molecule has 5 rings (SSSR count). The molecule has 0 aromatic rings. The molecule has 0 bridgehead atoms. The zero-order chi connectivity index (χ0) is 35.8. The van der Waals surface area contributed by atoms with Gasteiger partial charge in [-0.15, -0.1) is 0 Å². The fourth-order valence-electron chi connectivity index (χ4n) is 9.87. The van der Waals surface area contributed by atoms with Crippen LogP contribution in [-0.2, 0) is 4.79 Å². The van der Waals surface area contributed by atoms with Crippen molar-refractivity contribution in [3.63, 3.8) is 0 Å². The molecular formula is C43H94BN6O+2. The summed E-state index contributed by atoms with van der Waals surface area (Å²) in [6, 6.07) is 1.86. The number of Topliss-reactive ketones (excluding diaryl/α,β-unsaturated/α-hetero) is 1. The highest BCUT2D eigenvalue weighted by Crippen LogP contribution is 2.33. The molecular weight excluding hydrogens is 627 g/mol. The lowest BCUT2D eigenvalue weighted by Crippen LogP contribution is -2.62. The van der Waals surface area contributed by atoms with Gasteiger partial charge in [-0.1, -0.05) is 55.9 Å². The summed E-state index contributed by atoms with van der Waals surface area (Å²) in [6.45, 7) is 38.3. The summed E-state index contributed by atoms with van der Waals surface area (Å²) in [5.74, 6) is 0.437. The minimum absolute atomic E-state index is 0. The van der Waals surface area contributed by atoms with E-state index in [4.69, 9.17) is 0 Å². The van der Waals surface area contributed by atoms with Crippen LogP contribution >= 0.6 is 0 Å². The summed E-state index contributed by atoms with van der Waals surface area (Å²) in [7, 11) is 0. The Hall–Kier alpha value is -0.505. The largest absolute Gasteiger partial charge is 0.323 e. The number of likely N-dealkylation sites (tertiary alicyclic amines) is 4. The molecule has 0 atom stereocenters. The number of nitrogens with one attached hydrogen (secondary N) is 1. The number of piperidine rings is 3. The highest BCUT2D eigenvalue weighted by Gasteiger charge is 2.44. The Morgan fingerprint density at radius 2 is 1.12 bits per heavy atom. The first-order chi connectivity index (χ1) is 23.8. The molecule has 0 aromatic heterocycles. The first kappa shape index (κ1) is 50.5. The van der Waals surface area contributed by atoms with E-state index in [0.717, 1.165) is 44.6 Å². The van der Waals surface area contributed by atoms with Crippen LogP contribution in [0.5, 0.6) is 0 Å². The number of quaternary nitrogens is 2. The molecule has 0 saturated carbocycles. The molecule has 0 spiro atoms. The maximum Gasteiger partial charge on any atom is 0.135 e. The fraction of sp³-hybridized carbons (Fsp3) is 0.977. The van der Waals surface area contributed by atoms with Crippen LogP contribution in [0.3, 0.4) is 0 Å². The summed E-state index contributed by atoms with van der Waals surface area (Å²) in [5.41, 5.74) is 0. The number of carbonyl (C=O) groups is 1. The van der Waals surface area contributed by atoms with Gasteiger partial charge in [0.1, 0.15) is 5.78 Å². The van der Waals surface area contributed by atoms with E-state index in [9.17, 15) is 4.79 Å². The van der Waals surface area contributed by atoms with Crippen LogP contribution in [0.15, 0.2) is 0 Å². The average molecular weight is 723 g/mol. The van der Waals surface area contributed by atoms with Gasteiger partial charge in [0.05, 0.1) is 51.9 Å². The van der Waals surface area contributed by atoms with E-state index in [0.29, 0.717) is 5.78 Å². The normalized spacial score (nSPS) is 22.4. The molecule has 3 radical (unpaired) electrons. The van der Waals surface area contributed by atoms with Crippen LogP contribution in [0, 0.1) is 0 Å². The molecule has 1 N–H and O–H groups in total. The predicted octanol–water partition coefficient (Wildman–Crippen LogP) is 7.94. The molecule has 5 fully saturated rings. The van der Waals surface area contributed by atoms with Gasteiger partial charge in [0.2, 0.25) is 0 Å².